The lowest BCUT2D eigenvalue weighted by molar-refractivity contribution is -0.192. The number of carboxylic acid groups (broad SMARTS) is 1. The number of carbonyl (C=O) groups excluding carboxylic acids is 3. The average molecular weight is 693 g/mol. The SMILES string of the molecule is O=C(O)C(F)(F)F.O=C([C@H]1CCCN1C(=O)[C@@H]1CCCN1C(=O)CC(c1ccccc1)(c1ccccc1)c1ccccc1)N1CCCNCC1. The maximum absolute atomic E-state index is 14.5. The van der Waals surface area contributed by atoms with E-state index >= 15 is 0 Å². The normalized spacial score (nSPS) is 19.7. The minimum absolute atomic E-state index is 0.0342. The van der Waals surface area contributed by atoms with E-state index in [1.165, 1.54) is 0 Å². The topological polar surface area (TPSA) is 110 Å². The van der Waals surface area contributed by atoms with Crippen molar-refractivity contribution in [3.8, 4) is 0 Å². The molecule has 3 heterocycles. The van der Waals surface area contributed by atoms with Crippen molar-refractivity contribution in [2.24, 2.45) is 0 Å². The van der Waals surface area contributed by atoms with Crippen LogP contribution >= 0.6 is 0 Å². The number of benzene rings is 3. The van der Waals surface area contributed by atoms with Crippen LogP contribution in [0.15, 0.2) is 91.0 Å². The third kappa shape index (κ3) is 8.18. The highest BCUT2D eigenvalue weighted by Gasteiger charge is 2.46. The van der Waals surface area contributed by atoms with Crippen LogP contribution < -0.4 is 5.32 Å². The van der Waals surface area contributed by atoms with Gasteiger partial charge in [0.15, 0.2) is 0 Å². The summed E-state index contributed by atoms with van der Waals surface area (Å²) in [4.78, 5) is 56.6. The summed E-state index contributed by atoms with van der Waals surface area (Å²) >= 11 is 0. The number of alkyl halides is 3. The van der Waals surface area contributed by atoms with Crippen molar-refractivity contribution in [3.63, 3.8) is 0 Å². The Hall–Kier alpha value is -4.71. The molecule has 0 aliphatic carbocycles. The molecule has 0 aromatic heterocycles. The Labute approximate surface area is 290 Å². The monoisotopic (exact) mass is 692 g/mol. The van der Waals surface area contributed by atoms with Crippen LogP contribution in [0.5, 0.6) is 0 Å². The number of amides is 3. The van der Waals surface area contributed by atoms with Crippen LogP contribution in [0, 0.1) is 0 Å². The molecule has 6 rings (SSSR count). The minimum Gasteiger partial charge on any atom is -0.475 e. The van der Waals surface area contributed by atoms with Gasteiger partial charge in [0.05, 0.1) is 5.41 Å². The number of nitrogens with one attached hydrogen (secondary N) is 1. The van der Waals surface area contributed by atoms with Gasteiger partial charge in [-0.25, -0.2) is 4.79 Å². The second-order valence-electron chi connectivity index (χ2n) is 12.8. The van der Waals surface area contributed by atoms with E-state index in [2.05, 4.69) is 41.7 Å². The van der Waals surface area contributed by atoms with Crippen molar-refractivity contribution in [1.29, 1.82) is 0 Å². The lowest BCUT2D eigenvalue weighted by Crippen LogP contribution is -2.54. The molecule has 3 saturated heterocycles. The number of halogens is 3. The number of hydrogen-bond donors (Lipinski definition) is 2. The van der Waals surface area contributed by atoms with Crippen molar-refractivity contribution in [1.82, 2.24) is 20.0 Å². The summed E-state index contributed by atoms with van der Waals surface area (Å²) < 4.78 is 31.7. The summed E-state index contributed by atoms with van der Waals surface area (Å²) in [5, 5.41) is 10.5. The van der Waals surface area contributed by atoms with Gasteiger partial charge in [-0.1, -0.05) is 91.0 Å². The molecule has 266 valence electrons. The van der Waals surface area contributed by atoms with Gasteiger partial charge in [0.2, 0.25) is 17.7 Å². The van der Waals surface area contributed by atoms with E-state index in [-0.39, 0.29) is 24.1 Å². The molecule has 0 unspecified atom stereocenters. The molecule has 12 heteroatoms. The summed E-state index contributed by atoms with van der Waals surface area (Å²) in [6.45, 7) is 4.21. The van der Waals surface area contributed by atoms with E-state index in [0.29, 0.717) is 32.5 Å². The summed E-state index contributed by atoms with van der Waals surface area (Å²) in [5.41, 5.74) is 2.41. The second-order valence-corrected chi connectivity index (χ2v) is 12.8. The molecule has 50 heavy (non-hydrogen) atoms. The Morgan fingerprint density at radius 2 is 1.10 bits per heavy atom. The van der Waals surface area contributed by atoms with Crippen molar-refractivity contribution in [3.05, 3.63) is 108 Å². The Morgan fingerprint density at radius 1 is 0.640 bits per heavy atom. The number of likely N-dealkylation sites (tertiary alicyclic amines) is 2. The fourth-order valence-electron chi connectivity index (χ4n) is 7.38. The first-order valence-corrected chi connectivity index (χ1v) is 17.1. The van der Waals surface area contributed by atoms with Crippen LogP contribution in [0.1, 0.15) is 55.2 Å². The molecule has 2 atom stereocenters. The smallest absolute Gasteiger partial charge is 0.475 e. The largest absolute Gasteiger partial charge is 0.490 e. The number of carboxylic acids is 1. The molecule has 3 fully saturated rings. The van der Waals surface area contributed by atoms with Crippen LogP contribution in [0.25, 0.3) is 0 Å². The molecular weight excluding hydrogens is 649 g/mol. The predicted molar refractivity (Wildman–Crippen MR) is 181 cm³/mol. The zero-order chi connectivity index (χ0) is 35.7. The van der Waals surface area contributed by atoms with Crippen molar-refractivity contribution in [2.45, 2.75) is 62.2 Å². The Bertz CT molecular complexity index is 1500. The standard InChI is InChI=1S/C36H42N4O3.C2HF3O2/c41-33(27-36(28-13-4-1-5-14-28,29-15-6-2-7-16-29)30-17-8-3-9-18-30)39-24-10-20-32(39)35(43)40-25-11-19-31(40)34(42)38-23-12-21-37-22-26-38;3-2(4,5)1(6)7/h1-9,13-18,31-32,37H,10-12,19-27H2;(H,6,7)/t31-,32+;/m1./s1. The van der Waals surface area contributed by atoms with Crippen LogP contribution in [0.3, 0.4) is 0 Å². The maximum atomic E-state index is 14.5. The summed E-state index contributed by atoms with van der Waals surface area (Å²) in [5.74, 6) is -2.80. The second kappa shape index (κ2) is 16.3. The lowest BCUT2D eigenvalue weighted by Gasteiger charge is -2.38. The van der Waals surface area contributed by atoms with E-state index in [1.54, 1.807) is 4.90 Å². The zero-order valence-corrected chi connectivity index (χ0v) is 27.9. The minimum atomic E-state index is -5.08. The fraction of sp³-hybridized carbons (Fsp3) is 0.421. The molecule has 0 bridgehead atoms. The van der Waals surface area contributed by atoms with Gasteiger partial charge in [0.25, 0.3) is 0 Å². The van der Waals surface area contributed by atoms with Gasteiger partial charge in [-0.05, 0) is 55.3 Å². The third-order valence-electron chi connectivity index (χ3n) is 9.79. The van der Waals surface area contributed by atoms with E-state index < -0.39 is 29.6 Å². The van der Waals surface area contributed by atoms with Crippen LogP contribution in [0.4, 0.5) is 13.2 Å². The van der Waals surface area contributed by atoms with Gasteiger partial charge < -0.3 is 25.1 Å². The first-order valence-electron chi connectivity index (χ1n) is 17.1. The van der Waals surface area contributed by atoms with Crippen molar-refractivity contribution < 1.29 is 37.5 Å². The molecule has 0 spiro atoms. The maximum Gasteiger partial charge on any atom is 0.490 e. The predicted octanol–water partition coefficient (Wildman–Crippen LogP) is 4.85. The molecule has 3 aliphatic rings. The average Bonchev–Trinajstić information content (AvgIpc) is 3.75. The van der Waals surface area contributed by atoms with Crippen molar-refractivity contribution >= 4 is 23.7 Å². The molecule has 3 aromatic carbocycles. The van der Waals surface area contributed by atoms with Gasteiger partial charge in [0.1, 0.15) is 12.1 Å². The highest BCUT2D eigenvalue weighted by molar-refractivity contribution is 5.93. The first-order chi connectivity index (χ1) is 24.0. The summed E-state index contributed by atoms with van der Waals surface area (Å²) in [7, 11) is 0. The fourth-order valence-corrected chi connectivity index (χ4v) is 7.38. The molecule has 3 aliphatic heterocycles. The summed E-state index contributed by atoms with van der Waals surface area (Å²) in [6, 6.07) is 29.7. The van der Waals surface area contributed by atoms with E-state index in [4.69, 9.17) is 9.90 Å². The molecule has 2 N–H and O–H groups in total. The highest BCUT2D eigenvalue weighted by Crippen LogP contribution is 2.43. The van der Waals surface area contributed by atoms with Crippen LogP contribution in [0.2, 0.25) is 0 Å². The van der Waals surface area contributed by atoms with E-state index in [9.17, 15) is 27.6 Å². The Kier molecular flexibility index (Phi) is 11.9. The molecule has 0 radical (unpaired) electrons. The molecular formula is C38H43F3N4O5. The number of hydrogen-bond acceptors (Lipinski definition) is 5. The van der Waals surface area contributed by atoms with Gasteiger partial charge in [-0.2, -0.15) is 13.2 Å². The molecule has 9 nitrogen and oxygen atoms in total. The number of aliphatic carboxylic acids is 1. The molecule has 3 aromatic rings. The first kappa shape index (κ1) is 36.6. The van der Waals surface area contributed by atoms with Gasteiger partial charge in [0, 0.05) is 39.1 Å². The number of nitrogens with zero attached hydrogens (tertiary/aromatic N) is 3. The third-order valence-corrected chi connectivity index (χ3v) is 9.79. The Morgan fingerprint density at radius 3 is 1.58 bits per heavy atom. The number of carbonyl (C=O) groups is 4. The highest BCUT2D eigenvalue weighted by atomic mass is 19.4. The lowest BCUT2D eigenvalue weighted by atomic mass is 9.67. The summed E-state index contributed by atoms with van der Waals surface area (Å²) in [6.07, 6.45) is -1.05. The van der Waals surface area contributed by atoms with E-state index in [0.717, 1.165) is 55.6 Å². The van der Waals surface area contributed by atoms with Crippen molar-refractivity contribution in [2.75, 3.05) is 39.3 Å². The van der Waals surface area contributed by atoms with Gasteiger partial charge in [-0.3, -0.25) is 14.4 Å². The molecule has 0 saturated carbocycles. The van der Waals surface area contributed by atoms with Crippen LogP contribution in [-0.4, -0.2) is 101 Å². The Balaban J connectivity index is 0.000000630. The van der Waals surface area contributed by atoms with Gasteiger partial charge >= 0.3 is 12.1 Å². The van der Waals surface area contributed by atoms with Gasteiger partial charge in [-0.15, -0.1) is 0 Å². The number of rotatable bonds is 7. The van der Waals surface area contributed by atoms with Crippen LogP contribution in [-0.2, 0) is 24.6 Å². The zero-order valence-electron chi connectivity index (χ0n) is 27.9. The quantitative estimate of drug-likeness (QED) is 0.343. The van der Waals surface area contributed by atoms with E-state index in [1.807, 2.05) is 64.4 Å². The molecule has 3 amide bonds.